The Balaban J connectivity index is 1.43. The summed E-state index contributed by atoms with van der Waals surface area (Å²) in [6.45, 7) is 1.49. The van der Waals surface area contributed by atoms with Crippen LogP contribution in [-0.4, -0.2) is 24.4 Å². The molecule has 2 amide bonds. The molecular weight excluding hydrogens is 456 g/mol. The smallest absolute Gasteiger partial charge is 0.345 e. The average Bonchev–Trinajstić information content (AvgIpc) is 2.84. The summed E-state index contributed by atoms with van der Waals surface area (Å²) < 4.78 is 11.1. The number of fused-ring (bicyclic) bond motifs is 1. The fraction of sp³-hybridized carbons (Fsp3) is 0.192. The first-order valence-corrected chi connectivity index (χ1v) is 11.1. The van der Waals surface area contributed by atoms with Crippen LogP contribution in [0, 0.1) is 6.92 Å². The molecule has 0 aromatic heterocycles. The molecule has 3 aromatic rings. The first kappa shape index (κ1) is 23.3. The van der Waals surface area contributed by atoms with E-state index in [0.717, 1.165) is 16.8 Å². The largest absolute Gasteiger partial charge is 0.482 e. The molecule has 1 heterocycles. The molecule has 4 rings (SSSR count). The van der Waals surface area contributed by atoms with Crippen LogP contribution in [0.2, 0.25) is 5.02 Å². The Morgan fingerprint density at radius 1 is 1.06 bits per heavy atom. The van der Waals surface area contributed by atoms with Crippen molar-refractivity contribution < 1.29 is 23.9 Å². The van der Waals surface area contributed by atoms with Gasteiger partial charge in [0.05, 0.1) is 0 Å². The van der Waals surface area contributed by atoms with Gasteiger partial charge in [0.15, 0.2) is 6.61 Å². The minimum Gasteiger partial charge on any atom is -0.482 e. The predicted molar refractivity (Wildman–Crippen MR) is 129 cm³/mol. The minimum atomic E-state index is -1.17. The topological polar surface area (TPSA) is 93.7 Å². The number of esters is 1. The van der Waals surface area contributed by atoms with Crippen LogP contribution in [0.15, 0.2) is 66.7 Å². The molecule has 1 unspecified atom stereocenters. The molecule has 0 saturated heterocycles. The number of rotatable bonds is 7. The fourth-order valence-corrected chi connectivity index (χ4v) is 3.72. The third-order valence-electron chi connectivity index (χ3n) is 5.36. The molecule has 1 atom stereocenters. The first-order valence-electron chi connectivity index (χ1n) is 10.8. The number of anilines is 2. The molecule has 0 spiro atoms. The number of hydrogen-bond acceptors (Lipinski definition) is 5. The SMILES string of the molecule is Cc1ccc(NC(=O)C(OC(=O)COc2ccc3c(c2)CCC(=O)N3)c2ccccc2)cc1Cl. The summed E-state index contributed by atoms with van der Waals surface area (Å²) in [5, 5.41) is 6.06. The summed E-state index contributed by atoms with van der Waals surface area (Å²) in [5.74, 6) is -0.759. The predicted octanol–water partition coefficient (Wildman–Crippen LogP) is 4.84. The molecule has 0 radical (unpaired) electrons. The number of aryl methyl sites for hydroxylation is 2. The Hall–Kier alpha value is -3.84. The second-order valence-corrected chi connectivity index (χ2v) is 8.30. The van der Waals surface area contributed by atoms with Gasteiger partial charge in [0.2, 0.25) is 12.0 Å². The standard InChI is InChI=1S/C26H23ClN2O5/c1-16-7-9-19(14-21(16)27)28-26(32)25(17-5-3-2-4-6-17)34-24(31)15-33-20-10-11-22-18(13-20)8-12-23(30)29-22/h2-7,9-11,13-14,25H,8,12,15H2,1H3,(H,28,32)(H,29,30). The van der Waals surface area contributed by atoms with Gasteiger partial charge in [-0.1, -0.05) is 48.0 Å². The zero-order chi connectivity index (χ0) is 24.1. The van der Waals surface area contributed by atoms with E-state index in [4.69, 9.17) is 21.1 Å². The number of nitrogens with one attached hydrogen (secondary N) is 2. The van der Waals surface area contributed by atoms with E-state index in [1.54, 1.807) is 60.7 Å². The number of carbonyl (C=O) groups is 3. The van der Waals surface area contributed by atoms with Gasteiger partial charge in [0.1, 0.15) is 5.75 Å². The molecule has 1 aliphatic heterocycles. The molecule has 0 saturated carbocycles. The van der Waals surface area contributed by atoms with Crippen molar-refractivity contribution in [1.82, 2.24) is 0 Å². The summed E-state index contributed by atoms with van der Waals surface area (Å²) in [5.41, 5.74) is 3.57. The Labute approximate surface area is 202 Å². The molecule has 0 aliphatic carbocycles. The lowest BCUT2D eigenvalue weighted by molar-refractivity contribution is -0.156. The quantitative estimate of drug-likeness (QED) is 0.474. The molecule has 174 valence electrons. The van der Waals surface area contributed by atoms with Crippen molar-refractivity contribution in [2.45, 2.75) is 25.9 Å². The van der Waals surface area contributed by atoms with E-state index >= 15 is 0 Å². The van der Waals surface area contributed by atoms with Crippen LogP contribution < -0.4 is 15.4 Å². The number of hydrogen-bond donors (Lipinski definition) is 2. The van der Waals surface area contributed by atoms with Gasteiger partial charge < -0.3 is 20.1 Å². The van der Waals surface area contributed by atoms with Crippen LogP contribution in [0.1, 0.15) is 29.2 Å². The lowest BCUT2D eigenvalue weighted by Crippen LogP contribution is -2.28. The maximum absolute atomic E-state index is 13.0. The summed E-state index contributed by atoms with van der Waals surface area (Å²) >= 11 is 6.16. The average molecular weight is 479 g/mol. The van der Waals surface area contributed by atoms with E-state index in [1.807, 2.05) is 13.0 Å². The molecule has 34 heavy (non-hydrogen) atoms. The van der Waals surface area contributed by atoms with Gasteiger partial charge in [-0.15, -0.1) is 0 Å². The lowest BCUT2D eigenvalue weighted by Gasteiger charge is -2.19. The van der Waals surface area contributed by atoms with Gasteiger partial charge in [0, 0.05) is 28.4 Å². The lowest BCUT2D eigenvalue weighted by atomic mass is 10.0. The van der Waals surface area contributed by atoms with Crippen LogP contribution in [0.3, 0.4) is 0 Å². The second kappa shape index (κ2) is 10.4. The van der Waals surface area contributed by atoms with Crippen molar-refractivity contribution in [2.75, 3.05) is 17.2 Å². The van der Waals surface area contributed by atoms with Crippen molar-refractivity contribution in [1.29, 1.82) is 0 Å². The monoisotopic (exact) mass is 478 g/mol. The second-order valence-electron chi connectivity index (χ2n) is 7.89. The van der Waals surface area contributed by atoms with E-state index in [-0.39, 0.29) is 12.5 Å². The Bertz CT molecular complexity index is 1230. The zero-order valence-corrected chi connectivity index (χ0v) is 19.2. The Kier molecular flexibility index (Phi) is 7.13. The van der Waals surface area contributed by atoms with E-state index in [2.05, 4.69) is 10.6 Å². The van der Waals surface area contributed by atoms with Gasteiger partial charge in [-0.3, -0.25) is 9.59 Å². The summed E-state index contributed by atoms with van der Waals surface area (Å²) in [7, 11) is 0. The molecule has 3 aromatic carbocycles. The molecular formula is C26H23ClN2O5. The molecule has 8 heteroatoms. The highest BCUT2D eigenvalue weighted by atomic mass is 35.5. The highest BCUT2D eigenvalue weighted by Crippen LogP contribution is 2.27. The molecule has 7 nitrogen and oxygen atoms in total. The van der Waals surface area contributed by atoms with Crippen molar-refractivity contribution in [3.8, 4) is 5.75 Å². The van der Waals surface area contributed by atoms with Crippen LogP contribution in [0.5, 0.6) is 5.75 Å². The first-order chi connectivity index (χ1) is 16.4. The number of benzene rings is 3. The Morgan fingerprint density at radius 2 is 1.85 bits per heavy atom. The van der Waals surface area contributed by atoms with Gasteiger partial charge in [-0.25, -0.2) is 4.79 Å². The van der Waals surface area contributed by atoms with Gasteiger partial charge in [0.25, 0.3) is 5.91 Å². The maximum atomic E-state index is 13.0. The fourth-order valence-electron chi connectivity index (χ4n) is 3.54. The maximum Gasteiger partial charge on any atom is 0.345 e. The number of halogens is 1. The normalized spacial score (nSPS) is 13.3. The highest BCUT2D eigenvalue weighted by Gasteiger charge is 2.26. The number of ether oxygens (including phenoxy) is 2. The van der Waals surface area contributed by atoms with Crippen molar-refractivity contribution in [2.24, 2.45) is 0 Å². The van der Waals surface area contributed by atoms with E-state index < -0.39 is 18.0 Å². The van der Waals surface area contributed by atoms with Crippen LogP contribution in [0.25, 0.3) is 0 Å². The third kappa shape index (κ3) is 5.74. The third-order valence-corrected chi connectivity index (χ3v) is 5.77. The molecule has 0 bridgehead atoms. The van der Waals surface area contributed by atoms with Gasteiger partial charge >= 0.3 is 5.97 Å². The van der Waals surface area contributed by atoms with Gasteiger partial charge in [-0.2, -0.15) is 0 Å². The van der Waals surface area contributed by atoms with Crippen molar-refractivity contribution in [3.63, 3.8) is 0 Å². The molecule has 2 N–H and O–H groups in total. The van der Waals surface area contributed by atoms with Crippen molar-refractivity contribution >= 4 is 40.8 Å². The van der Waals surface area contributed by atoms with E-state index in [1.165, 1.54) is 0 Å². The summed E-state index contributed by atoms with van der Waals surface area (Å²) in [4.78, 5) is 37.1. The summed E-state index contributed by atoms with van der Waals surface area (Å²) in [6, 6.07) is 19.1. The van der Waals surface area contributed by atoms with Crippen LogP contribution >= 0.6 is 11.6 Å². The van der Waals surface area contributed by atoms with E-state index in [9.17, 15) is 14.4 Å². The zero-order valence-electron chi connectivity index (χ0n) is 18.5. The van der Waals surface area contributed by atoms with Crippen LogP contribution in [0.4, 0.5) is 11.4 Å². The molecule has 1 aliphatic rings. The highest BCUT2D eigenvalue weighted by molar-refractivity contribution is 6.31. The van der Waals surface area contributed by atoms with Gasteiger partial charge in [-0.05, 0) is 54.8 Å². The molecule has 0 fully saturated rings. The number of carbonyl (C=O) groups excluding carboxylic acids is 3. The number of amides is 2. The van der Waals surface area contributed by atoms with Crippen molar-refractivity contribution in [3.05, 3.63) is 88.4 Å². The Morgan fingerprint density at radius 3 is 2.62 bits per heavy atom. The van der Waals surface area contributed by atoms with E-state index in [0.29, 0.717) is 34.9 Å². The summed E-state index contributed by atoms with van der Waals surface area (Å²) in [6.07, 6.45) is -0.170. The van der Waals surface area contributed by atoms with Crippen LogP contribution in [-0.2, 0) is 25.5 Å². The minimum absolute atomic E-state index is 0.0251.